The van der Waals surface area contributed by atoms with Gasteiger partial charge >= 0.3 is 5.97 Å². The van der Waals surface area contributed by atoms with E-state index < -0.39 is 11.4 Å². The zero-order valence-electron chi connectivity index (χ0n) is 13.0. The molecular weight excluding hydrogens is 310 g/mol. The van der Waals surface area contributed by atoms with Crippen LogP contribution in [0.25, 0.3) is 0 Å². The highest BCUT2D eigenvalue weighted by atomic mass is 32.1. The fourth-order valence-corrected chi connectivity index (χ4v) is 4.05. The maximum absolute atomic E-state index is 13.0. The highest BCUT2D eigenvalue weighted by Crippen LogP contribution is 2.42. The maximum atomic E-state index is 13.0. The van der Waals surface area contributed by atoms with Crippen molar-refractivity contribution in [3.8, 4) is 0 Å². The van der Waals surface area contributed by atoms with Gasteiger partial charge in [0, 0.05) is 0 Å². The zero-order chi connectivity index (χ0) is 16.3. The second-order valence-corrected chi connectivity index (χ2v) is 6.68. The van der Waals surface area contributed by atoms with E-state index in [4.69, 9.17) is 4.74 Å². The number of ether oxygens (including phenoxy) is 1. The predicted molar refractivity (Wildman–Crippen MR) is 90.9 cm³/mol. The Bertz CT molecular complexity index is 702. The van der Waals surface area contributed by atoms with Crippen LogP contribution >= 0.6 is 11.3 Å². The molecule has 120 valence electrons. The molecule has 0 unspecified atom stereocenters. The first kappa shape index (κ1) is 15.7. The average molecular weight is 329 g/mol. The van der Waals surface area contributed by atoms with Crippen molar-refractivity contribution in [2.24, 2.45) is 0 Å². The third-order valence-electron chi connectivity index (χ3n) is 4.50. The molecule has 0 radical (unpaired) electrons. The molecule has 1 saturated carbocycles. The number of hydrogen-bond acceptors (Lipinski definition) is 4. The largest absolute Gasteiger partial charge is 0.465 e. The number of carbonyl (C=O) groups is 2. The smallest absolute Gasteiger partial charge is 0.350 e. The van der Waals surface area contributed by atoms with Gasteiger partial charge < -0.3 is 10.1 Å². The van der Waals surface area contributed by atoms with Crippen molar-refractivity contribution in [2.45, 2.75) is 31.1 Å². The summed E-state index contributed by atoms with van der Waals surface area (Å²) in [6, 6.07) is 11.7. The van der Waals surface area contributed by atoms with Crippen LogP contribution < -0.4 is 5.32 Å². The molecule has 5 heteroatoms. The first-order valence-corrected chi connectivity index (χ1v) is 8.58. The Morgan fingerprint density at radius 2 is 1.83 bits per heavy atom. The van der Waals surface area contributed by atoms with E-state index in [1.807, 2.05) is 30.3 Å². The Hall–Kier alpha value is -2.14. The van der Waals surface area contributed by atoms with E-state index >= 15 is 0 Å². The number of hydrogen-bond donors (Lipinski definition) is 1. The van der Waals surface area contributed by atoms with E-state index in [-0.39, 0.29) is 5.91 Å². The van der Waals surface area contributed by atoms with Crippen LogP contribution in [0.15, 0.2) is 41.8 Å². The van der Waals surface area contributed by atoms with Gasteiger partial charge in [-0.3, -0.25) is 4.79 Å². The van der Waals surface area contributed by atoms with Crippen molar-refractivity contribution >= 4 is 28.9 Å². The summed E-state index contributed by atoms with van der Waals surface area (Å²) in [5.74, 6) is -0.458. The molecule has 0 saturated heterocycles. The second kappa shape index (κ2) is 6.54. The molecule has 1 aliphatic rings. The summed E-state index contributed by atoms with van der Waals surface area (Å²) in [6.45, 7) is 0. The quantitative estimate of drug-likeness (QED) is 0.863. The summed E-state index contributed by atoms with van der Waals surface area (Å²) in [6.07, 6.45) is 3.74. The summed E-state index contributed by atoms with van der Waals surface area (Å²) < 4.78 is 4.77. The zero-order valence-corrected chi connectivity index (χ0v) is 13.8. The van der Waals surface area contributed by atoms with Crippen LogP contribution in [-0.4, -0.2) is 19.0 Å². The SMILES string of the molecule is COC(=O)c1sccc1NC(=O)C1(c2ccccc2)CCCC1. The molecule has 1 N–H and O–H groups in total. The molecule has 23 heavy (non-hydrogen) atoms. The van der Waals surface area contributed by atoms with Crippen LogP contribution in [0, 0.1) is 0 Å². The fourth-order valence-electron chi connectivity index (χ4n) is 3.28. The first-order valence-electron chi connectivity index (χ1n) is 7.70. The van der Waals surface area contributed by atoms with Gasteiger partial charge in [-0.15, -0.1) is 11.3 Å². The van der Waals surface area contributed by atoms with Gasteiger partial charge in [0.05, 0.1) is 18.2 Å². The highest BCUT2D eigenvalue weighted by molar-refractivity contribution is 7.12. The average Bonchev–Trinajstić information content (AvgIpc) is 3.25. The Labute approximate surface area is 139 Å². The van der Waals surface area contributed by atoms with E-state index in [0.29, 0.717) is 10.6 Å². The van der Waals surface area contributed by atoms with Crippen molar-refractivity contribution in [1.29, 1.82) is 0 Å². The van der Waals surface area contributed by atoms with E-state index in [2.05, 4.69) is 5.32 Å². The van der Waals surface area contributed by atoms with Crippen molar-refractivity contribution in [3.05, 3.63) is 52.2 Å². The number of thiophene rings is 1. The monoisotopic (exact) mass is 329 g/mol. The molecule has 1 fully saturated rings. The molecule has 1 aromatic carbocycles. The van der Waals surface area contributed by atoms with Crippen LogP contribution in [0.4, 0.5) is 5.69 Å². The van der Waals surface area contributed by atoms with Crippen molar-refractivity contribution in [2.75, 3.05) is 12.4 Å². The number of methoxy groups -OCH3 is 1. The standard InChI is InChI=1S/C18H19NO3S/c1-22-16(20)15-14(9-12-23-15)19-17(21)18(10-5-6-11-18)13-7-3-2-4-8-13/h2-4,7-9,12H,5-6,10-11H2,1H3,(H,19,21). The molecule has 4 nitrogen and oxygen atoms in total. The Kier molecular flexibility index (Phi) is 4.48. The van der Waals surface area contributed by atoms with Gasteiger partial charge in [-0.1, -0.05) is 43.2 Å². The minimum atomic E-state index is -0.503. The van der Waals surface area contributed by atoms with Gasteiger partial charge in [0.2, 0.25) is 5.91 Å². The molecule has 0 atom stereocenters. The summed E-state index contributed by atoms with van der Waals surface area (Å²) in [7, 11) is 1.34. The number of rotatable bonds is 4. The molecule has 0 bridgehead atoms. The third kappa shape index (κ3) is 2.88. The Morgan fingerprint density at radius 3 is 2.48 bits per heavy atom. The molecule has 1 aliphatic carbocycles. The molecule has 1 heterocycles. The van der Waals surface area contributed by atoms with Crippen LogP contribution in [-0.2, 0) is 14.9 Å². The van der Waals surface area contributed by atoms with Crippen molar-refractivity contribution in [3.63, 3.8) is 0 Å². The van der Waals surface area contributed by atoms with Gasteiger partial charge in [0.15, 0.2) is 0 Å². The molecule has 1 amide bonds. The van der Waals surface area contributed by atoms with Crippen LogP contribution in [0.2, 0.25) is 0 Å². The molecule has 3 rings (SSSR count). The summed E-state index contributed by atoms with van der Waals surface area (Å²) in [5.41, 5.74) is 1.08. The van der Waals surface area contributed by atoms with Gasteiger partial charge in [-0.25, -0.2) is 4.79 Å². The van der Waals surface area contributed by atoms with Crippen LogP contribution in [0.5, 0.6) is 0 Å². The van der Waals surface area contributed by atoms with E-state index in [1.54, 1.807) is 11.4 Å². The minimum absolute atomic E-state index is 0.0373. The van der Waals surface area contributed by atoms with Crippen LogP contribution in [0.3, 0.4) is 0 Å². The molecule has 1 aromatic heterocycles. The lowest BCUT2D eigenvalue weighted by Crippen LogP contribution is -2.38. The highest BCUT2D eigenvalue weighted by Gasteiger charge is 2.42. The van der Waals surface area contributed by atoms with Gasteiger partial charge in [-0.2, -0.15) is 0 Å². The van der Waals surface area contributed by atoms with E-state index in [0.717, 1.165) is 31.2 Å². The van der Waals surface area contributed by atoms with Gasteiger partial charge in [0.1, 0.15) is 4.88 Å². The molecule has 2 aromatic rings. The van der Waals surface area contributed by atoms with Crippen molar-refractivity contribution in [1.82, 2.24) is 0 Å². The molecule has 0 spiro atoms. The normalized spacial score (nSPS) is 16.0. The summed E-state index contributed by atoms with van der Waals surface area (Å²) >= 11 is 1.27. The number of anilines is 1. The molecular formula is C18H19NO3S. The summed E-state index contributed by atoms with van der Waals surface area (Å²) in [4.78, 5) is 25.3. The topological polar surface area (TPSA) is 55.4 Å². The van der Waals surface area contributed by atoms with Gasteiger partial charge in [-0.05, 0) is 29.9 Å². The third-order valence-corrected chi connectivity index (χ3v) is 5.40. The lowest BCUT2D eigenvalue weighted by atomic mass is 9.78. The predicted octanol–water partition coefficient (Wildman–Crippen LogP) is 3.99. The fraction of sp³-hybridized carbons (Fsp3) is 0.333. The first-order chi connectivity index (χ1) is 11.2. The lowest BCUT2D eigenvalue weighted by Gasteiger charge is -2.28. The van der Waals surface area contributed by atoms with Gasteiger partial charge in [0.25, 0.3) is 0 Å². The van der Waals surface area contributed by atoms with E-state index in [1.165, 1.54) is 18.4 Å². The Balaban J connectivity index is 1.89. The number of esters is 1. The lowest BCUT2D eigenvalue weighted by molar-refractivity contribution is -0.121. The number of amides is 1. The van der Waals surface area contributed by atoms with E-state index in [9.17, 15) is 9.59 Å². The second-order valence-electron chi connectivity index (χ2n) is 5.76. The number of carbonyl (C=O) groups excluding carboxylic acids is 2. The minimum Gasteiger partial charge on any atom is -0.465 e. The van der Waals surface area contributed by atoms with Crippen LogP contribution in [0.1, 0.15) is 40.9 Å². The number of benzene rings is 1. The maximum Gasteiger partial charge on any atom is 0.350 e. The number of nitrogens with one attached hydrogen (secondary N) is 1. The Morgan fingerprint density at radius 1 is 1.13 bits per heavy atom. The summed E-state index contributed by atoms with van der Waals surface area (Å²) in [5, 5.41) is 4.74. The van der Waals surface area contributed by atoms with Crippen molar-refractivity contribution < 1.29 is 14.3 Å². The molecule has 0 aliphatic heterocycles.